The van der Waals surface area contributed by atoms with Gasteiger partial charge in [0.15, 0.2) is 0 Å². The number of methoxy groups -OCH3 is 1. The van der Waals surface area contributed by atoms with E-state index in [9.17, 15) is 4.79 Å². The Balaban J connectivity index is 2.12. The van der Waals surface area contributed by atoms with E-state index >= 15 is 0 Å². The molecule has 2 aromatic rings. The lowest BCUT2D eigenvalue weighted by Crippen LogP contribution is -2.45. The number of hydrogen-bond donors (Lipinski definition) is 1. The minimum absolute atomic E-state index is 0.110. The Morgan fingerprint density at radius 2 is 2.32 bits per heavy atom. The van der Waals surface area contributed by atoms with Crippen molar-refractivity contribution in [2.24, 2.45) is 5.92 Å². The van der Waals surface area contributed by atoms with Gasteiger partial charge in [-0.05, 0) is 29.8 Å². The van der Waals surface area contributed by atoms with Crippen LogP contribution in [0.1, 0.15) is 0 Å². The van der Waals surface area contributed by atoms with E-state index in [-0.39, 0.29) is 10.8 Å². The lowest BCUT2D eigenvalue weighted by atomic mass is 10.0. The van der Waals surface area contributed by atoms with Crippen LogP contribution in [0.3, 0.4) is 0 Å². The third-order valence-corrected chi connectivity index (χ3v) is 3.71. The molecule has 1 aliphatic heterocycles. The van der Waals surface area contributed by atoms with E-state index in [0.29, 0.717) is 29.1 Å². The first kappa shape index (κ1) is 12.4. The van der Waals surface area contributed by atoms with Crippen LogP contribution in [0.5, 0.6) is 5.75 Å². The molecular weight excluding hydrogens is 266 g/mol. The summed E-state index contributed by atoms with van der Waals surface area (Å²) >= 11 is 6.11. The average Bonchev–Trinajstić information content (AvgIpc) is 2.36. The number of aromatic nitrogens is 2. The highest BCUT2D eigenvalue weighted by molar-refractivity contribution is 6.28. The topological polar surface area (TPSA) is 56.1 Å². The van der Waals surface area contributed by atoms with Gasteiger partial charge >= 0.3 is 0 Å². The first-order chi connectivity index (χ1) is 9.19. The number of rotatable bonds is 3. The van der Waals surface area contributed by atoms with Gasteiger partial charge in [-0.25, -0.2) is 4.98 Å². The summed E-state index contributed by atoms with van der Waals surface area (Å²) in [6, 6.07) is 5.22. The van der Waals surface area contributed by atoms with Gasteiger partial charge in [0.2, 0.25) is 5.28 Å². The SMILES string of the molecule is COc1ccc2nc(Cl)n(CC3CNC3)c(=O)c2c1. The van der Waals surface area contributed by atoms with Crippen molar-refractivity contribution < 1.29 is 4.74 Å². The van der Waals surface area contributed by atoms with Crippen LogP contribution in [0.4, 0.5) is 0 Å². The van der Waals surface area contributed by atoms with Gasteiger partial charge in [0.25, 0.3) is 5.56 Å². The zero-order chi connectivity index (χ0) is 13.4. The summed E-state index contributed by atoms with van der Waals surface area (Å²) in [5.74, 6) is 1.09. The average molecular weight is 280 g/mol. The molecule has 3 rings (SSSR count). The fraction of sp³-hybridized carbons (Fsp3) is 0.385. The normalized spacial score (nSPS) is 15.5. The maximum atomic E-state index is 12.5. The Morgan fingerprint density at radius 1 is 1.53 bits per heavy atom. The van der Waals surface area contributed by atoms with Gasteiger partial charge in [-0.1, -0.05) is 0 Å². The zero-order valence-electron chi connectivity index (χ0n) is 10.5. The van der Waals surface area contributed by atoms with Crippen LogP contribution >= 0.6 is 11.6 Å². The highest BCUT2D eigenvalue weighted by atomic mass is 35.5. The van der Waals surface area contributed by atoms with Crippen molar-refractivity contribution in [2.45, 2.75) is 6.54 Å². The molecule has 0 saturated carbocycles. The van der Waals surface area contributed by atoms with E-state index in [1.54, 1.807) is 25.3 Å². The highest BCUT2D eigenvalue weighted by Gasteiger charge is 2.20. The highest BCUT2D eigenvalue weighted by Crippen LogP contribution is 2.19. The predicted octanol–water partition coefficient (Wildman–Crippen LogP) is 1.28. The Hall–Kier alpha value is -1.59. The van der Waals surface area contributed by atoms with E-state index in [1.807, 2.05) is 0 Å². The molecule has 1 fully saturated rings. The van der Waals surface area contributed by atoms with Gasteiger partial charge < -0.3 is 10.1 Å². The van der Waals surface area contributed by atoms with E-state index < -0.39 is 0 Å². The number of ether oxygens (including phenoxy) is 1. The second-order valence-electron chi connectivity index (χ2n) is 4.70. The van der Waals surface area contributed by atoms with Gasteiger partial charge in [-0.2, -0.15) is 0 Å². The summed E-state index contributed by atoms with van der Waals surface area (Å²) < 4.78 is 6.68. The van der Waals surface area contributed by atoms with Crippen molar-refractivity contribution in [3.05, 3.63) is 33.8 Å². The van der Waals surface area contributed by atoms with Crippen LogP contribution in [0.15, 0.2) is 23.0 Å². The molecule has 0 radical (unpaired) electrons. The number of benzene rings is 1. The minimum atomic E-state index is -0.110. The number of hydrogen-bond acceptors (Lipinski definition) is 4. The first-order valence-electron chi connectivity index (χ1n) is 6.14. The van der Waals surface area contributed by atoms with Crippen LogP contribution in [-0.2, 0) is 6.54 Å². The molecule has 5 nitrogen and oxygen atoms in total. The molecule has 0 amide bonds. The molecule has 6 heteroatoms. The van der Waals surface area contributed by atoms with Crippen LogP contribution in [0, 0.1) is 5.92 Å². The summed E-state index contributed by atoms with van der Waals surface area (Å²) in [5.41, 5.74) is 0.486. The molecule has 0 atom stereocenters. The van der Waals surface area contributed by atoms with Crippen molar-refractivity contribution in [3.63, 3.8) is 0 Å². The maximum absolute atomic E-state index is 12.5. The Kier molecular flexibility index (Phi) is 3.16. The van der Waals surface area contributed by atoms with Crippen molar-refractivity contribution >= 4 is 22.5 Å². The molecule has 1 aromatic carbocycles. The molecule has 1 N–H and O–H groups in total. The molecule has 19 heavy (non-hydrogen) atoms. The Labute approximate surface area is 115 Å². The molecule has 1 aliphatic rings. The minimum Gasteiger partial charge on any atom is -0.497 e. The molecule has 0 bridgehead atoms. The number of halogens is 1. The molecule has 2 heterocycles. The van der Waals surface area contributed by atoms with E-state index in [1.165, 1.54) is 4.57 Å². The van der Waals surface area contributed by atoms with Crippen molar-refractivity contribution in [1.82, 2.24) is 14.9 Å². The Bertz CT molecular complexity index is 679. The molecule has 0 spiro atoms. The van der Waals surface area contributed by atoms with Gasteiger partial charge in [0, 0.05) is 25.6 Å². The number of nitrogens with one attached hydrogen (secondary N) is 1. The van der Waals surface area contributed by atoms with Crippen LogP contribution in [0.2, 0.25) is 5.28 Å². The second kappa shape index (κ2) is 4.83. The van der Waals surface area contributed by atoms with E-state index in [2.05, 4.69) is 10.3 Å². The van der Waals surface area contributed by atoms with Crippen molar-refractivity contribution in [3.8, 4) is 5.75 Å². The molecule has 0 unspecified atom stereocenters. The number of fused-ring (bicyclic) bond motifs is 1. The fourth-order valence-corrected chi connectivity index (χ4v) is 2.43. The summed E-state index contributed by atoms with van der Waals surface area (Å²) in [6.07, 6.45) is 0. The molecular formula is C13H14ClN3O2. The third-order valence-electron chi connectivity index (χ3n) is 3.42. The van der Waals surface area contributed by atoms with Crippen molar-refractivity contribution in [1.29, 1.82) is 0 Å². The van der Waals surface area contributed by atoms with Crippen LogP contribution in [-0.4, -0.2) is 29.8 Å². The van der Waals surface area contributed by atoms with E-state index in [4.69, 9.17) is 16.3 Å². The van der Waals surface area contributed by atoms with Gasteiger partial charge in [-0.15, -0.1) is 0 Å². The quantitative estimate of drug-likeness (QED) is 0.860. The molecule has 1 saturated heterocycles. The monoisotopic (exact) mass is 279 g/mol. The van der Waals surface area contributed by atoms with Gasteiger partial charge in [0.05, 0.1) is 18.0 Å². The number of nitrogens with zero attached hydrogens (tertiary/aromatic N) is 2. The van der Waals surface area contributed by atoms with Crippen molar-refractivity contribution in [2.75, 3.05) is 20.2 Å². The zero-order valence-corrected chi connectivity index (χ0v) is 11.3. The second-order valence-corrected chi connectivity index (χ2v) is 5.04. The summed E-state index contributed by atoms with van der Waals surface area (Å²) in [6.45, 7) is 2.43. The summed E-state index contributed by atoms with van der Waals surface area (Å²) in [4.78, 5) is 16.7. The molecule has 100 valence electrons. The van der Waals surface area contributed by atoms with Gasteiger partial charge in [-0.3, -0.25) is 9.36 Å². The van der Waals surface area contributed by atoms with Crippen LogP contribution < -0.4 is 15.6 Å². The first-order valence-corrected chi connectivity index (χ1v) is 6.51. The van der Waals surface area contributed by atoms with Crippen LogP contribution in [0.25, 0.3) is 10.9 Å². The Morgan fingerprint density at radius 3 is 2.95 bits per heavy atom. The van der Waals surface area contributed by atoms with E-state index in [0.717, 1.165) is 13.1 Å². The third kappa shape index (κ3) is 2.19. The largest absolute Gasteiger partial charge is 0.497 e. The lowest BCUT2D eigenvalue weighted by Gasteiger charge is -2.27. The maximum Gasteiger partial charge on any atom is 0.262 e. The predicted molar refractivity (Wildman–Crippen MR) is 73.9 cm³/mol. The molecule has 0 aliphatic carbocycles. The summed E-state index contributed by atoms with van der Waals surface area (Å²) in [7, 11) is 1.57. The molecule has 1 aromatic heterocycles. The lowest BCUT2D eigenvalue weighted by molar-refractivity contribution is 0.303. The summed E-state index contributed by atoms with van der Waals surface area (Å²) in [5, 5.41) is 3.96. The van der Waals surface area contributed by atoms with Gasteiger partial charge in [0.1, 0.15) is 5.75 Å². The smallest absolute Gasteiger partial charge is 0.262 e. The fourth-order valence-electron chi connectivity index (χ4n) is 2.19. The standard InChI is InChI=1S/C13H14ClN3O2/c1-19-9-2-3-11-10(4-9)12(18)17(13(14)16-11)7-8-5-15-6-8/h2-4,8,15H,5-7H2,1H3.